The normalized spacial score (nSPS) is 16.2. The summed E-state index contributed by atoms with van der Waals surface area (Å²) >= 11 is 0. The molecule has 0 rings (SSSR count). The molecule has 0 heterocycles. The van der Waals surface area contributed by atoms with Gasteiger partial charge in [-0.1, -0.05) is 6.92 Å². The van der Waals surface area contributed by atoms with Gasteiger partial charge in [0.25, 0.3) is 0 Å². The van der Waals surface area contributed by atoms with Crippen molar-refractivity contribution in [2.45, 2.75) is 31.6 Å². The molecular formula is C10H21F3N2O2. The molecule has 0 aliphatic heterocycles. The molecule has 4 nitrogen and oxygen atoms in total. The van der Waals surface area contributed by atoms with Crippen molar-refractivity contribution in [1.82, 2.24) is 4.90 Å². The van der Waals surface area contributed by atoms with E-state index in [9.17, 15) is 18.3 Å². The quantitative estimate of drug-likeness (QED) is 0.669. The van der Waals surface area contributed by atoms with Gasteiger partial charge in [0, 0.05) is 13.2 Å². The Labute approximate surface area is 99.5 Å². The number of aliphatic hydroxyl groups excluding tert-OH is 1. The van der Waals surface area contributed by atoms with Crippen molar-refractivity contribution in [3.8, 4) is 0 Å². The first-order valence-electron chi connectivity index (χ1n) is 5.51. The molecule has 0 aromatic heterocycles. The molecule has 0 amide bonds. The van der Waals surface area contributed by atoms with Crippen LogP contribution in [0.2, 0.25) is 0 Å². The topological polar surface area (TPSA) is 58.7 Å². The Morgan fingerprint density at radius 2 is 2.00 bits per heavy atom. The molecule has 0 radical (unpaired) electrons. The Balaban J connectivity index is 4.61. The molecule has 0 spiro atoms. The molecular weight excluding hydrogens is 237 g/mol. The lowest BCUT2D eigenvalue weighted by atomic mass is 10.1. The number of halogens is 3. The number of nitrogens with zero attached hydrogens (tertiary/aromatic N) is 1. The molecule has 17 heavy (non-hydrogen) atoms. The van der Waals surface area contributed by atoms with Crippen molar-refractivity contribution >= 4 is 0 Å². The molecule has 104 valence electrons. The third-order valence-electron chi connectivity index (χ3n) is 2.40. The molecule has 0 bridgehead atoms. The van der Waals surface area contributed by atoms with Gasteiger partial charge in [0.2, 0.25) is 0 Å². The number of aliphatic hydroxyl groups is 1. The van der Waals surface area contributed by atoms with Crippen molar-refractivity contribution in [3.63, 3.8) is 0 Å². The molecule has 2 unspecified atom stereocenters. The molecule has 0 saturated carbocycles. The van der Waals surface area contributed by atoms with Crippen LogP contribution in [0, 0.1) is 0 Å². The maximum absolute atomic E-state index is 12.4. The average Bonchev–Trinajstić information content (AvgIpc) is 2.17. The minimum absolute atomic E-state index is 0.114. The lowest BCUT2D eigenvalue weighted by molar-refractivity contribution is -0.154. The molecule has 0 fully saturated rings. The van der Waals surface area contributed by atoms with Gasteiger partial charge in [-0.15, -0.1) is 0 Å². The fourth-order valence-electron chi connectivity index (χ4n) is 1.70. The van der Waals surface area contributed by atoms with E-state index < -0.39 is 31.4 Å². The first-order valence-corrected chi connectivity index (χ1v) is 5.51. The Bertz CT molecular complexity index is 202. The van der Waals surface area contributed by atoms with Crippen LogP contribution in [0.15, 0.2) is 0 Å². The first kappa shape index (κ1) is 16.6. The van der Waals surface area contributed by atoms with Crippen LogP contribution in [0.1, 0.15) is 13.3 Å². The van der Waals surface area contributed by atoms with Crippen molar-refractivity contribution < 1.29 is 23.0 Å². The van der Waals surface area contributed by atoms with E-state index in [4.69, 9.17) is 10.5 Å². The second-order valence-electron chi connectivity index (χ2n) is 3.95. The van der Waals surface area contributed by atoms with Gasteiger partial charge in [-0.3, -0.25) is 4.90 Å². The molecule has 0 aliphatic carbocycles. The summed E-state index contributed by atoms with van der Waals surface area (Å²) in [5.74, 6) is 0. The van der Waals surface area contributed by atoms with Crippen molar-refractivity contribution in [2.24, 2.45) is 5.73 Å². The SMILES string of the molecule is CCCN(CC(F)(F)F)C(CO)C(N)COC. The molecule has 0 aliphatic rings. The summed E-state index contributed by atoms with van der Waals surface area (Å²) < 4.78 is 41.9. The predicted octanol–water partition coefficient (Wildman–Crippen LogP) is 0.595. The van der Waals surface area contributed by atoms with E-state index in [1.165, 1.54) is 7.11 Å². The summed E-state index contributed by atoms with van der Waals surface area (Å²) in [7, 11) is 1.42. The van der Waals surface area contributed by atoms with Gasteiger partial charge in [0.1, 0.15) is 0 Å². The Hall–Kier alpha value is -0.370. The van der Waals surface area contributed by atoms with Crippen LogP contribution in [0.5, 0.6) is 0 Å². The molecule has 7 heteroatoms. The lowest BCUT2D eigenvalue weighted by Gasteiger charge is -2.34. The summed E-state index contributed by atoms with van der Waals surface area (Å²) in [6.45, 7) is 0.648. The van der Waals surface area contributed by atoms with Gasteiger partial charge in [-0.05, 0) is 13.0 Å². The zero-order chi connectivity index (χ0) is 13.5. The summed E-state index contributed by atoms with van der Waals surface area (Å²) in [6.07, 6.45) is -3.73. The van der Waals surface area contributed by atoms with Crippen LogP contribution in [-0.4, -0.2) is 61.7 Å². The lowest BCUT2D eigenvalue weighted by Crippen LogP contribution is -2.54. The highest BCUT2D eigenvalue weighted by Crippen LogP contribution is 2.19. The van der Waals surface area contributed by atoms with E-state index >= 15 is 0 Å². The van der Waals surface area contributed by atoms with E-state index in [0.717, 1.165) is 4.90 Å². The third-order valence-corrected chi connectivity index (χ3v) is 2.40. The van der Waals surface area contributed by atoms with Crippen LogP contribution in [-0.2, 0) is 4.74 Å². The first-order chi connectivity index (χ1) is 7.85. The highest BCUT2D eigenvalue weighted by Gasteiger charge is 2.35. The van der Waals surface area contributed by atoms with E-state index in [1.54, 1.807) is 6.92 Å². The number of hydrogen-bond acceptors (Lipinski definition) is 4. The van der Waals surface area contributed by atoms with E-state index in [1.807, 2.05) is 0 Å². The Morgan fingerprint density at radius 1 is 1.41 bits per heavy atom. The highest BCUT2D eigenvalue weighted by atomic mass is 19.4. The average molecular weight is 258 g/mol. The molecule has 0 saturated heterocycles. The van der Waals surface area contributed by atoms with E-state index in [0.29, 0.717) is 6.42 Å². The van der Waals surface area contributed by atoms with Crippen molar-refractivity contribution in [2.75, 3.05) is 33.4 Å². The molecule has 0 aromatic carbocycles. The largest absolute Gasteiger partial charge is 0.401 e. The number of hydrogen-bond donors (Lipinski definition) is 2. The molecule has 0 aromatic rings. The van der Waals surface area contributed by atoms with Gasteiger partial charge < -0.3 is 15.6 Å². The fraction of sp³-hybridized carbons (Fsp3) is 1.00. The Kier molecular flexibility index (Phi) is 7.69. The van der Waals surface area contributed by atoms with Gasteiger partial charge in [-0.25, -0.2) is 0 Å². The van der Waals surface area contributed by atoms with Gasteiger partial charge in [0.15, 0.2) is 0 Å². The number of nitrogens with two attached hydrogens (primary N) is 1. The zero-order valence-corrected chi connectivity index (χ0v) is 10.2. The van der Waals surface area contributed by atoms with Crippen LogP contribution in [0.3, 0.4) is 0 Å². The van der Waals surface area contributed by atoms with E-state index in [-0.39, 0.29) is 13.2 Å². The summed E-state index contributed by atoms with van der Waals surface area (Å²) in [6, 6.07) is -1.38. The fourth-order valence-corrected chi connectivity index (χ4v) is 1.70. The molecule has 2 atom stereocenters. The van der Waals surface area contributed by atoms with Crippen LogP contribution >= 0.6 is 0 Å². The van der Waals surface area contributed by atoms with E-state index in [2.05, 4.69) is 0 Å². The van der Waals surface area contributed by atoms with Crippen molar-refractivity contribution in [1.29, 1.82) is 0 Å². The Morgan fingerprint density at radius 3 is 2.35 bits per heavy atom. The van der Waals surface area contributed by atoms with Crippen LogP contribution in [0.25, 0.3) is 0 Å². The predicted molar refractivity (Wildman–Crippen MR) is 58.6 cm³/mol. The van der Waals surface area contributed by atoms with Gasteiger partial charge in [-0.2, -0.15) is 13.2 Å². The second-order valence-corrected chi connectivity index (χ2v) is 3.95. The second kappa shape index (κ2) is 7.86. The highest BCUT2D eigenvalue weighted by molar-refractivity contribution is 4.83. The number of ether oxygens (including phenoxy) is 1. The molecule has 3 N–H and O–H groups in total. The van der Waals surface area contributed by atoms with Crippen molar-refractivity contribution in [3.05, 3.63) is 0 Å². The summed E-state index contributed by atoms with van der Waals surface area (Å²) in [4.78, 5) is 1.16. The van der Waals surface area contributed by atoms with Crippen LogP contribution in [0.4, 0.5) is 13.2 Å². The maximum Gasteiger partial charge on any atom is 0.401 e. The van der Waals surface area contributed by atoms with Crippen LogP contribution < -0.4 is 5.73 Å². The monoisotopic (exact) mass is 258 g/mol. The number of alkyl halides is 3. The zero-order valence-electron chi connectivity index (χ0n) is 10.2. The van der Waals surface area contributed by atoms with Gasteiger partial charge in [0.05, 0.1) is 25.8 Å². The minimum Gasteiger partial charge on any atom is -0.395 e. The summed E-state index contributed by atoms with van der Waals surface area (Å²) in [5, 5.41) is 9.17. The third kappa shape index (κ3) is 6.82. The number of methoxy groups -OCH3 is 1. The maximum atomic E-state index is 12.4. The smallest absolute Gasteiger partial charge is 0.395 e. The standard InChI is InChI=1S/C10H21F3N2O2/c1-3-4-15(7-10(11,12)13)9(5-16)8(14)6-17-2/h8-9,16H,3-7,14H2,1-2H3. The number of rotatable bonds is 8. The van der Waals surface area contributed by atoms with Gasteiger partial charge >= 0.3 is 6.18 Å². The minimum atomic E-state index is -4.30. The summed E-state index contributed by atoms with van der Waals surface area (Å²) in [5.41, 5.74) is 5.69.